The maximum absolute atomic E-state index is 10.5. The third-order valence-electron chi connectivity index (χ3n) is 1.61. The highest BCUT2D eigenvalue weighted by Gasteiger charge is 2.15. The van der Waals surface area contributed by atoms with Crippen LogP contribution in [0.1, 0.15) is 15.9 Å². The molecule has 0 heterocycles. The zero-order valence-electron chi connectivity index (χ0n) is 6.69. The van der Waals surface area contributed by atoms with E-state index in [2.05, 4.69) is 0 Å². The zero-order chi connectivity index (χ0) is 10.0. The van der Waals surface area contributed by atoms with Crippen molar-refractivity contribution in [2.75, 3.05) is 0 Å². The molecule has 0 atom stereocenters. The molecule has 70 valence electrons. The minimum atomic E-state index is -1.38. The molecule has 0 aliphatic rings. The number of carboxylic acids is 1. The first-order chi connectivity index (χ1) is 6.06. The predicted octanol–water partition coefficient (Wildman–Crippen LogP) is 0.255. The summed E-state index contributed by atoms with van der Waals surface area (Å²) in [7, 11) is 0. The average Bonchev–Trinajstić information content (AvgIpc) is 2.02. The molecule has 0 fully saturated rings. The van der Waals surface area contributed by atoms with Crippen LogP contribution in [-0.4, -0.2) is 21.3 Å². The fourth-order valence-corrected chi connectivity index (χ4v) is 1.01. The van der Waals surface area contributed by atoms with Crippen molar-refractivity contribution in [3.05, 3.63) is 23.3 Å². The molecule has 5 nitrogen and oxygen atoms in total. The second-order valence-electron chi connectivity index (χ2n) is 2.52. The second kappa shape index (κ2) is 3.32. The van der Waals surface area contributed by atoms with Crippen molar-refractivity contribution in [2.45, 2.75) is 6.54 Å². The highest BCUT2D eigenvalue weighted by Crippen LogP contribution is 2.28. The number of carbonyl (C=O) groups is 1. The van der Waals surface area contributed by atoms with E-state index in [0.717, 1.165) is 0 Å². The van der Waals surface area contributed by atoms with Crippen LogP contribution in [0.15, 0.2) is 12.1 Å². The standard InChI is InChI=1S/C8H9NO4/c9-3-4-1-5(10)7(8(12)13)6(11)2-4/h1-2,10-11H,3,9H2,(H,12,13). The van der Waals surface area contributed by atoms with Crippen molar-refractivity contribution in [1.29, 1.82) is 0 Å². The summed E-state index contributed by atoms with van der Waals surface area (Å²) in [6.45, 7) is 0.126. The fourth-order valence-electron chi connectivity index (χ4n) is 1.01. The summed E-state index contributed by atoms with van der Waals surface area (Å²) in [5, 5.41) is 26.9. The van der Waals surface area contributed by atoms with Crippen LogP contribution in [0.25, 0.3) is 0 Å². The fraction of sp³-hybridized carbons (Fsp3) is 0.125. The van der Waals surface area contributed by atoms with E-state index in [1.165, 1.54) is 12.1 Å². The predicted molar refractivity (Wildman–Crippen MR) is 44.6 cm³/mol. The first-order valence-electron chi connectivity index (χ1n) is 3.54. The lowest BCUT2D eigenvalue weighted by molar-refractivity contribution is 0.0690. The number of benzene rings is 1. The Kier molecular flexibility index (Phi) is 2.39. The van der Waals surface area contributed by atoms with Crippen molar-refractivity contribution in [3.63, 3.8) is 0 Å². The van der Waals surface area contributed by atoms with E-state index >= 15 is 0 Å². The van der Waals surface area contributed by atoms with Crippen LogP contribution < -0.4 is 5.73 Å². The van der Waals surface area contributed by atoms with Crippen LogP contribution in [0.4, 0.5) is 0 Å². The molecule has 1 aromatic rings. The Balaban J connectivity index is 3.31. The Labute approximate surface area is 74.0 Å². The summed E-state index contributed by atoms with van der Waals surface area (Å²) >= 11 is 0. The average molecular weight is 183 g/mol. The second-order valence-corrected chi connectivity index (χ2v) is 2.52. The van der Waals surface area contributed by atoms with Gasteiger partial charge in [-0.25, -0.2) is 4.79 Å². The molecule has 1 rings (SSSR count). The maximum atomic E-state index is 10.5. The van der Waals surface area contributed by atoms with Gasteiger partial charge in [0, 0.05) is 6.54 Å². The van der Waals surface area contributed by atoms with Gasteiger partial charge >= 0.3 is 5.97 Å². The minimum absolute atomic E-state index is 0.126. The van der Waals surface area contributed by atoms with Crippen LogP contribution in [-0.2, 0) is 6.54 Å². The molecule has 0 aliphatic heterocycles. The summed E-state index contributed by atoms with van der Waals surface area (Å²) in [6, 6.07) is 2.42. The van der Waals surface area contributed by atoms with Crippen LogP contribution >= 0.6 is 0 Å². The van der Waals surface area contributed by atoms with Crippen LogP contribution in [0, 0.1) is 0 Å². The summed E-state index contributed by atoms with van der Waals surface area (Å²) < 4.78 is 0. The van der Waals surface area contributed by atoms with Crippen LogP contribution in [0.2, 0.25) is 0 Å². The summed E-state index contributed by atoms with van der Waals surface area (Å²) in [6.07, 6.45) is 0. The normalized spacial score (nSPS) is 9.92. The number of hydrogen-bond donors (Lipinski definition) is 4. The van der Waals surface area contributed by atoms with Gasteiger partial charge < -0.3 is 21.1 Å². The quantitative estimate of drug-likeness (QED) is 0.526. The minimum Gasteiger partial charge on any atom is -0.507 e. The van der Waals surface area contributed by atoms with Crippen LogP contribution in [0.3, 0.4) is 0 Å². The van der Waals surface area contributed by atoms with E-state index in [9.17, 15) is 15.0 Å². The number of carboxylic acid groups (broad SMARTS) is 1. The number of nitrogens with two attached hydrogens (primary N) is 1. The third kappa shape index (κ3) is 1.70. The SMILES string of the molecule is NCc1cc(O)c(C(=O)O)c(O)c1. The number of phenols is 2. The summed E-state index contributed by atoms with van der Waals surface area (Å²) in [5.41, 5.74) is 5.21. The first kappa shape index (κ1) is 9.34. The van der Waals surface area contributed by atoms with Gasteiger partial charge in [0.05, 0.1) is 0 Å². The van der Waals surface area contributed by atoms with E-state index in [-0.39, 0.29) is 6.54 Å². The molecule has 0 unspecified atom stereocenters. The van der Waals surface area contributed by atoms with Crippen molar-refractivity contribution in [2.24, 2.45) is 5.73 Å². The van der Waals surface area contributed by atoms with Crippen molar-refractivity contribution >= 4 is 5.97 Å². The maximum Gasteiger partial charge on any atom is 0.343 e. The highest BCUT2D eigenvalue weighted by molar-refractivity contribution is 5.94. The molecule has 0 bridgehead atoms. The molecule has 0 spiro atoms. The Bertz CT molecular complexity index is 325. The van der Waals surface area contributed by atoms with Gasteiger partial charge in [-0.05, 0) is 17.7 Å². The van der Waals surface area contributed by atoms with Crippen molar-refractivity contribution in [1.82, 2.24) is 0 Å². The van der Waals surface area contributed by atoms with Crippen LogP contribution in [0.5, 0.6) is 11.5 Å². The van der Waals surface area contributed by atoms with Gasteiger partial charge in [-0.1, -0.05) is 0 Å². The zero-order valence-corrected chi connectivity index (χ0v) is 6.69. The molecule has 0 radical (unpaired) electrons. The Morgan fingerprint density at radius 2 is 1.77 bits per heavy atom. The van der Waals surface area contributed by atoms with Crippen molar-refractivity contribution < 1.29 is 20.1 Å². The molecule has 0 aromatic heterocycles. The smallest absolute Gasteiger partial charge is 0.343 e. The number of hydrogen-bond acceptors (Lipinski definition) is 4. The van der Waals surface area contributed by atoms with E-state index in [1.807, 2.05) is 0 Å². The van der Waals surface area contributed by atoms with Gasteiger partial charge in [0.2, 0.25) is 0 Å². The van der Waals surface area contributed by atoms with E-state index in [4.69, 9.17) is 10.8 Å². The Morgan fingerprint density at radius 1 is 1.31 bits per heavy atom. The van der Waals surface area contributed by atoms with Gasteiger partial charge in [0.1, 0.15) is 17.1 Å². The number of aromatic hydroxyl groups is 2. The molecule has 0 saturated carbocycles. The molecular formula is C8H9NO4. The lowest BCUT2D eigenvalue weighted by Gasteiger charge is -2.04. The molecule has 1 aromatic carbocycles. The molecule has 13 heavy (non-hydrogen) atoms. The summed E-state index contributed by atoms with van der Waals surface area (Å²) in [4.78, 5) is 10.5. The van der Waals surface area contributed by atoms with E-state index in [0.29, 0.717) is 5.56 Å². The van der Waals surface area contributed by atoms with Crippen molar-refractivity contribution in [3.8, 4) is 11.5 Å². The van der Waals surface area contributed by atoms with Gasteiger partial charge in [0.25, 0.3) is 0 Å². The largest absolute Gasteiger partial charge is 0.507 e. The molecule has 0 aliphatic carbocycles. The highest BCUT2D eigenvalue weighted by atomic mass is 16.4. The number of aromatic carboxylic acids is 1. The Morgan fingerprint density at radius 3 is 2.08 bits per heavy atom. The molecule has 5 heteroatoms. The monoisotopic (exact) mass is 183 g/mol. The molecular weight excluding hydrogens is 174 g/mol. The van der Waals surface area contributed by atoms with Gasteiger partial charge in [0.15, 0.2) is 0 Å². The Hall–Kier alpha value is -1.75. The first-order valence-corrected chi connectivity index (χ1v) is 3.54. The summed E-state index contributed by atoms with van der Waals surface area (Å²) in [5.74, 6) is -2.33. The molecule has 0 amide bonds. The third-order valence-corrected chi connectivity index (χ3v) is 1.61. The van der Waals surface area contributed by atoms with Gasteiger partial charge in [-0.3, -0.25) is 0 Å². The van der Waals surface area contributed by atoms with Gasteiger partial charge in [-0.15, -0.1) is 0 Å². The topological polar surface area (TPSA) is 104 Å². The molecule has 5 N–H and O–H groups in total. The molecule has 0 saturated heterocycles. The lowest BCUT2D eigenvalue weighted by Crippen LogP contribution is -2.01. The van der Waals surface area contributed by atoms with E-state index in [1.54, 1.807) is 0 Å². The van der Waals surface area contributed by atoms with E-state index < -0.39 is 23.0 Å². The number of rotatable bonds is 2. The lowest BCUT2D eigenvalue weighted by atomic mass is 10.1. The van der Waals surface area contributed by atoms with Gasteiger partial charge in [-0.2, -0.15) is 0 Å².